The lowest BCUT2D eigenvalue weighted by Crippen LogP contribution is -2.39. The van der Waals surface area contributed by atoms with Crippen molar-refractivity contribution >= 4 is 31.7 Å². The maximum Gasteiger partial charge on any atom is 0.193 e. The van der Waals surface area contributed by atoms with Gasteiger partial charge in [-0.15, -0.1) is 0 Å². The van der Waals surface area contributed by atoms with Crippen LogP contribution in [0.5, 0.6) is 0 Å². The highest BCUT2D eigenvalue weighted by Crippen LogP contribution is 2.15. The number of unbranched alkanes of at least 4 members (excludes halogenated alkanes) is 1. The van der Waals surface area contributed by atoms with Crippen molar-refractivity contribution in [3.8, 4) is 0 Å². The Morgan fingerprint density at radius 3 is 2.48 bits per heavy atom. The van der Waals surface area contributed by atoms with Crippen LogP contribution in [0, 0.1) is 0 Å². The molecule has 0 aliphatic rings. The molecule has 1 aromatic rings. The Bertz CT molecular complexity index is 600. The van der Waals surface area contributed by atoms with Gasteiger partial charge in [-0.2, -0.15) is 0 Å². The van der Waals surface area contributed by atoms with Gasteiger partial charge in [0.15, 0.2) is 15.8 Å². The number of rotatable bonds is 8. The minimum absolute atomic E-state index is 0.00510. The van der Waals surface area contributed by atoms with Crippen LogP contribution < -0.4 is 5.32 Å². The summed E-state index contributed by atoms with van der Waals surface area (Å²) in [7, 11) is -1.33. The molecular weight excluding hydrogens is 378 g/mol. The van der Waals surface area contributed by atoms with Crippen molar-refractivity contribution in [3.05, 3.63) is 28.7 Å². The predicted molar refractivity (Wildman–Crippen MR) is 99.7 cm³/mol. The second kappa shape index (κ2) is 9.93. The van der Waals surface area contributed by atoms with E-state index in [0.717, 1.165) is 36.4 Å². The summed E-state index contributed by atoms with van der Waals surface area (Å²) in [5, 5.41) is 3.20. The number of hydrogen-bond acceptors (Lipinski definition) is 3. The number of benzene rings is 1. The Kier molecular flexibility index (Phi) is 8.62. The molecule has 1 aromatic carbocycles. The molecule has 0 amide bonds. The van der Waals surface area contributed by atoms with Crippen LogP contribution >= 0.6 is 15.9 Å². The monoisotopic (exact) mass is 403 g/mol. The molecule has 0 saturated carbocycles. The van der Waals surface area contributed by atoms with Gasteiger partial charge >= 0.3 is 0 Å². The lowest BCUT2D eigenvalue weighted by molar-refractivity contribution is 0.465. The maximum absolute atomic E-state index is 12.3. The molecule has 0 bridgehead atoms. The fourth-order valence-corrected chi connectivity index (χ4v) is 3.38. The third-order valence-electron chi connectivity index (χ3n) is 3.34. The fraction of sp³-hybridized carbons (Fsp3) is 0.562. The second-order valence-corrected chi connectivity index (χ2v) is 8.31. The number of nitrogens with zero attached hydrogens (tertiary/aromatic N) is 2. The number of nitrogens with one attached hydrogen (secondary N) is 1. The third kappa shape index (κ3) is 6.91. The van der Waals surface area contributed by atoms with Gasteiger partial charge in [-0.3, -0.25) is 4.99 Å². The van der Waals surface area contributed by atoms with E-state index in [1.165, 1.54) is 0 Å². The van der Waals surface area contributed by atoms with Gasteiger partial charge in [0, 0.05) is 24.6 Å². The molecule has 0 fully saturated rings. The van der Waals surface area contributed by atoms with Crippen molar-refractivity contribution < 1.29 is 8.42 Å². The van der Waals surface area contributed by atoms with Crippen molar-refractivity contribution in [1.82, 2.24) is 10.2 Å². The number of hydrogen-bond donors (Lipinski definition) is 1. The van der Waals surface area contributed by atoms with Gasteiger partial charge in [0.2, 0.25) is 0 Å². The van der Waals surface area contributed by atoms with Crippen LogP contribution in [-0.4, -0.2) is 51.7 Å². The van der Waals surface area contributed by atoms with Crippen LogP contribution in [-0.2, 0) is 9.84 Å². The molecule has 23 heavy (non-hydrogen) atoms. The minimum atomic E-state index is -3.30. The molecule has 0 unspecified atom stereocenters. The van der Waals surface area contributed by atoms with Gasteiger partial charge in [0.25, 0.3) is 0 Å². The van der Waals surface area contributed by atoms with Crippen molar-refractivity contribution in [1.29, 1.82) is 0 Å². The van der Waals surface area contributed by atoms with Crippen molar-refractivity contribution in [3.63, 3.8) is 0 Å². The van der Waals surface area contributed by atoms with Crippen molar-refractivity contribution in [2.75, 3.05) is 32.4 Å². The number of halogens is 1. The highest BCUT2D eigenvalue weighted by Gasteiger charge is 2.14. The normalized spacial score (nSPS) is 12.3. The molecular formula is C16H26BrN3O2S. The van der Waals surface area contributed by atoms with E-state index in [0.29, 0.717) is 4.90 Å². The summed E-state index contributed by atoms with van der Waals surface area (Å²) in [5.74, 6) is 0.762. The van der Waals surface area contributed by atoms with Crippen LogP contribution in [0.25, 0.3) is 0 Å². The van der Waals surface area contributed by atoms with Crippen LogP contribution in [0.1, 0.15) is 26.7 Å². The van der Waals surface area contributed by atoms with Gasteiger partial charge in [-0.25, -0.2) is 8.42 Å². The molecule has 0 aromatic heterocycles. The van der Waals surface area contributed by atoms with Gasteiger partial charge in [-0.05, 0) is 37.6 Å². The average Bonchev–Trinajstić information content (AvgIpc) is 2.52. The van der Waals surface area contributed by atoms with E-state index in [-0.39, 0.29) is 12.3 Å². The fourth-order valence-electron chi connectivity index (χ4n) is 2.00. The van der Waals surface area contributed by atoms with Crippen LogP contribution in [0.2, 0.25) is 0 Å². The first-order valence-electron chi connectivity index (χ1n) is 7.88. The molecule has 1 rings (SSSR count). The highest BCUT2D eigenvalue weighted by molar-refractivity contribution is 9.10. The Balaban J connectivity index is 2.70. The summed E-state index contributed by atoms with van der Waals surface area (Å²) < 4.78 is 25.5. The minimum Gasteiger partial charge on any atom is -0.357 e. The van der Waals surface area contributed by atoms with E-state index in [9.17, 15) is 8.42 Å². The summed E-state index contributed by atoms with van der Waals surface area (Å²) in [5.41, 5.74) is 0. The van der Waals surface area contributed by atoms with E-state index in [1.54, 1.807) is 24.3 Å². The zero-order valence-corrected chi connectivity index (χ0v) is 16.5. The zero-order valence-electron chi connectivity index (χ0n) is 14.0. The summed E-state index contributed by atoms with van der Waals surface area (Å²) in [4.78, 5) is 6.81. The van der Waals surface area contributed by atoms with E-state index < -0.39 is 9.84 Å². The van der Waals surface area contributed by atoms with Crippen LogP contribution in [0.15, 0.2) is 38.6 Å². The van der Waals surface area contributed by atoms with E-state index in [1.807, 2.05) is 18.9 Å². The van der Waals surface area contributed by atoms with Gasteiger partial charge < -0.3 is 10.2 Å². The average molecular weight is 404 g/mol. The van der Waals surface area contributed by atoms with Crippen LogP contribution in [0.4, 0.5) is 0 Å². The summed E-state index contributed by atoms with van der Waals surface area (Å²) in [6.45, 7) is 6.05. The maximum atomic E-state index is 12.3. The third-order valence-corrected chi connectivity index (χ3v) is 5.58. The molecule has 7 heteroatoms. The molecule has 0 saturated heterocycles. The van der Waals surface area contributed by atoms with Crippen molar-refractivity contribution in [2.24, 2.45) is 4.99 Å². The topological polar surface area (TPSA) is 61.8 Å². The quantitative estimate of drug-likeness (QED) is 0.535. The summed E-state index contributed by atoms with van der Waals surface area (Å²) >= 11 is 3.31. The second-order valence-electron chi connectivity index (χ2n) is 5.28. The van der Waals surface area contributed by atoms with Crippen molar-refractivity contribution in [2.45, 2.75) is 31.6 Å². The number of guanidine groups is 1. The van der Waals surface area contributed by atoms with E-state index >= 15 is 0 Å². The molecule has 0 atom stereocenters. The smallest absolute Gasteiger partial charge is 0.193 e. The number of sulfone groups is 1. The Labute approximate surface area is 148 Å². The molecule has 0 radical (unpaired) electrons. The van der Waals surface area contributed by atoms with Gasteiger partial charge in [-0.1, -0.05) is 29.3 Å². The molecule has 1 N–H and O–H groups in total. The first-order valence-corrected chi connectivity index (χ1v) is 10.3. The highest BCUT2D eigenvalue weighted by atomic mass is 79.9. The molecule has 0 aliphatic carbocycles. The summed E-state index contributed by atoms with van der Waals surface area (Å²) in [6, 6.07) is 6.70. The first kappa shape index (κ1) is 20.0. The SMILES string of the molecule is CCCCN(C)C(=NCCS(=O)(=O)c1ccc(Br)cc1)NCC. The molecule has 0 heterocycles. The number of aliphatic imine (C=N–C) groups is 1. The van der Waals surface area contributed by atoms with E-state index in [4.69, 9.17) is 0 Å². The van der Waals surface area contributed by atoms with Crippen LogP contribution in [0.3, 0.4) is 0 Å². The zero-order chi connectivity index (χ0) is 17.3. The Morgan fingerprint density at radius 1 is 1.26 bits per heavy atom. The molecule has 5 nitrogen and oxygen atoms in total. The standard InChI is InChI=1S/C16H26BrN3O2S/c1-4-6-12-20(3)16(18-5-2)19-11-13-23(21,22)15-9-7-14(17)8-10-15/h7-10H,4-6,11-13H2,1-3H3,(H,18,19). The lowest BCUT2D eigenvalue weighted by atomic mass is 10.3. The first-order chi connectivity index (χ1) is 10.9. The Morgan fingerprint density at radius 2 is 1.91 bits per heavy atom. The van der Waals surface area contributed by atoms with Gasteiger partial charge in [0.1, 0.15) is 0 Å². The largest absolute Gasteiger partial charge is 0.357 e. The predicted octanol–water partition coefficient (Wildman–Crippen LogP) is 2.92. The Hall–Kier alpha value is -1.08. The molecule has 0 spiro atoms. The summed E-state index contributed by atoms with van der Waals surface area (Å²) in [6.07, 6.45) is 2.19. The lowest BCUT2D eigenvalue weighted by Gasteiger charge is -2.21. The molecule has 130 valence electrons. The van der Waals surface area contributed by atoms with E-state index in [2.05, 4.69) is 33.2 Å². The van der Waals surface area contributed by atoms with Gasteiger partial charge in [0.05, 0.1) is 17.2 Å². The molecule has 0 aliphatic heterocycles.